The highest BCUT2D eigenvalue weighted by Crippen LogP contribution is 2.33. The van der Waals surface area contributed by atoms with E-state index in [9.17, 15) is 9.90 Å². The van der Waals surface area contributed by atoms with E-state index >= 15 is 0 Å². The Morgan fingerprint density at radius 1 is 1.29 bits per heavy atom. The number of allylic oxidation sites excluding steroid dienone is 2. The first-order valence-electron chi connectivity index (χ1n) is 5.29. The quantitative estimate of drug-likeness (QED) is 0.810. The molecule has 0 heterocycles. The van der Waals surface area contributed by atoms with Gasteiger partial charge >= 0.3 is 0 Å². The van der Waals surface area contributed by atoms with Crippen molar-refractivity contribution in [3.63, 3.8) is 0 Å². The van der Waals surface area contributed by atoms with Gasteiger partial charge in [0.15, 0.2) is 5.78 Å². The number of aromatic hydroxyl groups is 1. The number of thioether (sulfide) groups is 1. The lowest BCUT2D eigenvalue weighted by Crippen LogP contribution is -1.93. The van der Waals surface area contributed by atoms with Crippen LogP contribution in [0.3, 0.4) is 0 Å². The maximum atomic E-state index is 11.3. The summed E-state index contributed by atoms with van der Waals surface area (Å²) >= 11 is 1.53. The van der Waals surface area contributed by atoms with Gasteiger partial charge in [0.2, 0.25) is 0 Å². The van der Waals surface area contributed by atoms with E-state index in [1.807, 2.05) is 19.9 Å². The predicted octanol–water partition coefficient (Wildman–Crippen LogP) is 4.22. The summed E-state index contributed by atoms with van der Waals surface area (Å²) < 4.78 is 0. The van der Waals surface area contributed by atoms with Crippen molar-refractivity contribution in [1.29, 1.82) is 0 Å². The summed E-state index contributed by atoms with van der Waals surface area (Å²) in [6, 6.07) is 4.83. The summed E-state index contributed by atoms with van der Waals surface area (Å²) in [4.78, 5) is 13.2. The summed E-state index contributed by atoms with van der Waals surface area (Å²) in [5, 5.41) is 9.57. The fourth-order valence-corrected chi connectivity index (χ4v) is 2.03. The molecule has 0 atom stereocenters. The van der Waals surface area contributed by atoms with Gasteiger partial charge in [0.05, 0.1) is 0 Å². The van der Waals surface area contributed by atoms with Crippen LogP contribution in [0.5, 0.6) is 5.75 Å². The first kappa shape index (κ1) is 13.6. The van der Waals surface area contributed by atoms with Gasteiger partial charge in [0.25, 0.3) is 0 Å². The second kappa shape index (κ2) is 5.73. The summed E-state index contributed by atoms with van der Waals surface area (Å²) in [5.74, 6) is 0.0234. The fraction of sp³-hybridized carbons (Fsp3) is 0.214. The Bertz CT molecular complexity index is 487. The third kappa shape index (κ3) is 3.79. The van der Waals surface area contributed by atoms with E-state index in [0.29, 0.717) is 5.56 Å². The van der Waals surface area contributed by atoms with Crippen LogP contribution in [0.1, 0.15) is 36.7 Å². The molecule has 0 aliphatic heterocycles. The molecular weight excluding hydrogens is 232 g/mol. The lowest BCUT2D eigenvalue weighted by atomic mass is 10.1. The van der Waals surface area contributed by atoms with Gasteiger partial charge in [-0.05, 0) is 49.4 Å². The Hall–Kier alpha value is -1.48. The highest BCUT2D eigenvalue weighted by molar-refractivity contribution is 8.11. The molecule has 1 N–H and O–H groups in total. The Balaban J connectivity index is 3.06. The van der Waals surface area contributed by atoms with Gasteiger partial charge in [-0.1, -0.05) is 24.4 Å². The smallest absolute Gasteiger partial charge is 0.159 e. The second-order valence-corrected chi connectivity index (χ2v) is 5.09. The fourth-order valence-electron chi connectivity index (χ4n) is 1.29. The average Bonchev–Trinajstić information content (AvgIpc) is 2.27. The van der Waals surface area contributed by atoms with Crippen LogP contribution in [0, 0.1) is 0 Å². The molecule has 90 valence electrons. The van der Waals surface area contributed by atoms with Crippen LogP contribution >= 0.6 is 11.8 Å². The number of hydrogen-bond donors (Lipinski definition) is 1. The Morgan fingerprint density at radius 2 is 1.88 bits per heavy atom. The summed E-state index contributed by atoms with van der Waals surface area (Å²) in [6.45, 7) is 9.38. The predicted molar refractivity (Wildman–Crippen MR) is 74.2 cm³/mol. The molecule has 17 heavy (non-hydrogen) atoms. The highest BCUT2D eigenvalue weighted by Gasteiger charge is 2.07. The molecule has 0 fully saturated rings. The zero-order valence-corrected chi connectivity index (χ0v) is 11.1. The molecule has 1 aromatic carbocycles. The third-order valence-corrected chi connectivity index (χ3v) is 3.38. The summed E-state index contributed by atoms with van der Waals surface area (Å²) in [5.41, 5.74) is 1.28. The van der Waals surface area contributed by atoms with Crippen LogP contribution in [0.15, 0.2) is 35.8 Å². The molecule has 0 saturated carbocycles. The molecule has 0 aliphatic carbocycles. The number of hydrogen-bond acceptors (Lipinski definition) is 3. The molecule has 0 amide bonds. The molecule has 1 aromatic rings. The van der Waals surface area contributed by atoms with Crippen LogP contribution in [0.25, 0.3) is 4.91 Å². The largest absolute Gasteiger partial charge is 0.508 e. The number of phenols is 1. The number of phenolic OH excluding ortho intramolecular Hbond substituents is 1. The van der Waals surface area contributed by atoms with Crippen molar-refractivity contribution in [2.24, 2.45) is 0 Å². The number of benzene rings is 1. The van der Waals surface area contributed by atoms with E-state index in [1.54, 1.807) is 12.1 Å². The van der Waals surface area contributed by atoms with Crippen molar-refractivity contribution < 1.29 is 9.90 Å². The Labute approximate surface area is 106 Å². The molecule has 0 bridgehead atoms. The minimum Gasteiger partial charge on any atom is -0.508 e. The first-order chi connectivity index (χ1) is 7.93. The highest BCUT2D eigenvalue weighted by atomic mass is 32.2. The summed E-state index contributed by atoms with van der Waals surface area (Å²) in [6.07, 6.45) is 1.99. The molecule has 1 rings (SSSR count). The van der Waals surface area contributed by atoms with Crippen LogP contribution in [0.4, 0.5) is 0 Å². The third-order valence-electron chi connectivity index (χ3n) is 2.34. The molecule has 0 spiro atoms. The molecule has 2 nitrogen and oxygen atoms in total. The van der Waals surface area contributed by atoms with Crippen LogP contribution < -0.4 is 0 Å². The topological polar surface area (TPSA) is 37.3 Å². The minimum absolute atomic E-state index is 0.0669. The first-order valence-corrected chi connectivity index (χ1v) is 6.10. The van der Waals surface area contributed by atoms with Crippen LogP contribution in [0.2, 0.25) is 0 Å². The molecule has 0 radical (unpaired) electrons. The molecule has 3 heteroatoms. The van der Waals surface area contributed by atoms with Gasteiger partial charge in [0, 0.05) is 10.5 Å². The van der Waals surface area contributed by atoms with E-state index in [0.717, 1.165) is 15.4 Å². The lowest BCUT2D eigenvalue weighted by Gasteiger charge is -2.08. The lowest BCUT2D eigenvalue weighted by molar-refractivity contribution is 0.101. The second-order valence-electron chi connectivity index (χ2n) is 3.75. The van der Waals surface area contributed by atoms with E-state index in [4.69, 9.17) is 0 Å². The molecule has 0 aromatic heterocycles. The van der Waals surface area contributed by atoms with Gasteiger partial charge < -0.3 is 5.11 Å². The number of ketones is 1. The SMILES string of the molecule is C=C(S/C(C)=C\C)c1cc(O)cc(C(C)=O)c1. The van der Waals surface area contributed by atoms with E-state index in [-0.39, 0.29) is 11.5 Å². The van der Waals surface area contributed by atoms with Gasteiger partial charge in [-0.15, -0.1) is 0 Å². The van der Waals surface area contributed by atoms with Crippen molar-refractivity contribution in [2.45, 2.75) is 20.8 Å². The number of Topliss-reactive ketones (excluding diaryl/α,β-unsaturated/α-hetero) is 1. The van der Waals surface area contributed by atoms with E-state index < -0.39 is 0 Å². The number of carbonyl (C=O) groups is 1. The number of rotatable bonds is 4. The summed E-state index contributed by atoms with van der Waals surface area (Å²) in [7, 11) is 0. The van der Waals surface area contributed by atoms with Gasteiger partial charge in [0.1, 0.15) is 5.75 Å². The number of carbonyl (C=O) groups excluding carboxylic acids is 1. The minimum atomic E-state index is -0.0669. The molecular formula is C14H16O2S. The van der Waals surface area contributed by atoms with Crippen molar-refractivity contribution in [2.75, 3.05) is 0 Å². The van der Waals surface area contributed by atoms with Crippen molar-refractivity contribution >= 4 is 22.5 Å². The van der Waals surface area contributed by atoms with Gasteiger partial charge in [-0.3, -0.25) is 4.79 Å². The zero-order valence-electron chi connectivity index (χ0n) is 10.3. The average molecular weight is 248 g/mol. The van der Waals surface area contributed by atoms with Crippen molar-refractivity contribution in [3.8, 4) is 5.75 Å². The standard InChI is InChI=1S/C14H16O2S/c1-5-9(2)17-11(4)13-6-12(10(3)15)7-14(16)8-13/h5-8,16H,4H2,1-3H3/b9-5-. The van der Waals surface area contributed by atoms with Crippen molar-refractivity contribution in [3.05, 3.63) is 46.9 Å². The maximum Gasteiger partial charge on any atom is 0.159 e. The van der Waals surface area contributed by atoms with Gasteiger partial charge in [-0.25, -0.2) is 0 Å². The Kier molecular flexibility index (Phi) is 4.58. The molecule has 0 unspecified atom stereocenters. The maximum absolute atomic E-state index is 11.3. The monoisotopic (exact) mass is 248 g/mol. The normalized spacial score (nSPS) is 11.4. The van der Waals surface area contributed by atoms with E-state index in [1.165, 1.54) is 24.8 Å². The molecule has 0 saturated heterocycles. The van der Waals surface area contributed by atoms with Crippen LogP contribution in [-0.4, -0.2) is 10.9 Å². The van der Waals surface area contributed by atoms with E-state index in [2.05, 4.69) is 6.58 Å². The van der Waals surface area contributed by atoms with Gasteiger partial charge in [-0.2, -0.15) is 0 Å². The van der Waals surface area contributed by atoms with Crippen molar-refractivity contribution in [1.82, 2.24) is 0 Å². The zero-order chi connectivity index (χ0) is 13.0. The molecule has 0 aliphatic rings. The van der Waals surface area contributed by atoms with Crippen LogP contribution in [-0.2, 0) is 0 Å². The Morgan fingerprint density at radius 3 is 2.41 bits per heavy atom.